The molecule has 4 nitrogen and oxygen atoms in total. The third kappa shape index (κ3) is 6.34. The van der Waals surface area contributed by atoms with Crippen LogP contribution in [0.1, 0.15) is 77.0 Å². The maximum Gasteiger partial charge on any atom is 0.305 e. The topological polar surface area (TPSA) is 66.8 Å². The van der Waals surface area contributed by atoms with Crippen LogP contribution in [-0.4, -0.2) is 40.9 Å². The van der Waals surface area contributed by atoms with Gasteiger partial charge in [-0.2, -0.15) is 0 Å². The highest BCUT2D eigenvalue weighted by Crippen LogP contribution is 2.53. The number of hydrogen-bond acceptors (Lipinski definition) is 4. The third-order valence-corrected chi connectivity index (χ3v) is 8.09. The van der Waals surface area contributed by atoms with E-state index in [0.717, 1.165) is 38.0 Å². The molecule has 5 atom stereocenters. The summed E-state index contributed by atoms with van der Waals surface area (Å²) in [5.74, 6) is 0.925. The number of aliphatic hydroxyl groups is 2. The Morgan fingerprint density at radius 2 is 2.03 bits per heavy atom. The van der Waals surface area contributed by atoms with Gasteiger partial charge in [-0.25, -0.2) is 0 Å². The standard InChI is InChI=1S/C25H39ClO4/c1-30-24(29)11-5-3-2-4-8-19-20(22(27)16-21(19)26)9-6-10-23(28)25(14-7-15-25)17-18-12-13-18/h2,4,6,9,18-23,27-28H,3,5,7-8,10-17H2,1H3/b4-2-,9-6+/t19-,20-,21-,22-,23?/m1/s1. The zero-order valence-electron chi connectivity index (χ0n) is 18.3. The molecule has 3 fully saturated rings. The average Bonchev–Trinajstić information content (AvgIpc) is 3.47. The molecule has 2 N–H and O–H groups in total. The molecule has 3 rings (SSSR count). The molecule has 0 spiro atoms. The Bertz CT molecular complexity index is 608. The zero-order chi connectivity index (χ0) is 21.6. The normalized spacial score (nSPS) is 31.9. The number of halogens is 1. The van der Waals surface area contributed by atoms with E-state index in [-0.39, 0.29) is 34.7 Å². The molecule has 3 aliphatic carbocycles. The summed E-state index contributed by atoms with van der Waals surface area (Å²) >= 11 is 6.54. The third-order valence-electron chi connectivity index (χ3n) is 7.59. The van der Waals surface area contributed by atoms with Crippen molar-refractivity contribution in [2.75, 3.05) is 7.11 Å². The van der Waals surface area contributed by atoms with Crippen molar-refractivity contribution in [2.24, 2.45) is 23.2 Å². The maximum atomic E-state index is 11.1. The minimum absolute atomic E-state index is 0.0351. The van der Waals surface area contributed by atoms with Gasteiger partial charge in [-0.05, 0) is 68.6 Å². The number of carbonyl (C=O) groups excluding carboxylic acids is 1. The van der Waals surface area contributed by atoms with Crippen molar-refractivity contribution >= 4 is 17.6 Å². The van der Waals surface area contributed by atoms with Gasteiger partial charge < -0.3 is 14.9 Å². The second-order valence-corrected chi connectivity index (χ2v) is 10.3. The lowest BCUT2D eigenvalue weighted by atomic mass is 9.61. The van der Waals surface area contributed by atoms with Crippen molar-refractivity contribution in [2.45, 2.75) is 94.6 Å². The minimum Gasteiger partial charge on any atom is -0.469 e. The molecular weight excluding hydrogens is 400 g/mol. The summed E-state index contributed by atoms with van der Waals surface area (Å²) in [5.41, 5.74) is 0.154. The van der Waals surface area contributed by atoms with Gasteiger partial charge in [-0.15, -0.1) is 11.6 Å². The molecule has 0 heterocycles. The molecule has 30 heavy (non-hydrogen) atoms. The molecule has 0 aromatic heterocycles. The van der Waals surface area contributed by atoms with E-state index < -0.39 is 6.10 Å². The van der Waals surface area contributed by atoms with Crippen LogP contribution in [0.25, 0.3) is 0 Å². The highest BCUT2D eigenvalue weighted by Gasteiger charge is 2.46. The molecule has 0 saturated heterocycles. The lowest BCUT2D eigenvalue weighted by Crippen LogP contribution is -2.41. The molecule has 3 aliphatic rings. The largest absolute Gasteiger partial charge is 0.469 e. The van der Waals surface area contributed by atoms with Gasteiger partial charge in [0, 0.05) is 17.7 Å². The molecule has 0 bridgehead atoms. The lowest BCUT2D eigenvalue weighted by Gasteiger charge is -2.46. The second-order valence-electron chi connectivity index (χ2n) is 9.78. The maximum absolute atomic E-state index is 11.1. The van der Waals surface area contributed by atoms with Gasteiger partial charge in [0.25, 0.3) is 0 Å². The van der Waals surface area contributed by atoms with Gasteiger partial charge in [0.2, 0.25) is 0 Å². The summed E-state index contributed by atoms with van der Waals surface area (Å²) in [4.78, 5) is 11.1. The number of unbranched alkanes of at least 4 members (excludes halogenated alkanes) is 1. The first kappa shape index (κ1) is 23.8. The second kappa shape index (κ2) is 11.2. The number of aliphatic hydroxyl groups excluding tert-OH is 2. The van der Waals surface area contributed by atoms with Crippen LogP contribution in [0.15, 0.2) is 24.3 Å². The fourth-order valence-corrected chi connectivity index (χ4v) is 5.77. The molecular formula is C25H39ClO4. The number of ether oxygens (including phenoxy) is 1. The fraction of sp³-hybridized carbons (Fsp3) is 0.800. The molecule has 0 aromatic rings. The van der Waals surface area contributed by atoms with E-state index in [1.807, 2.05) is 0 Å². The number of allylic oxidation sites excluding steroid dienone is 2. The molecule has 170 valence electrons. The van der Waals surface area contributed by atoms with Gasteiger partial charge in [0.15, 0.2) is 0 Å². The lowest BCUT2D eigenvalue weighted by molar-refractivity contribution is -0.140. The first-order valence-electron chi connectivity index (χ1n) is 11.8. The molecule has 0 amide bonds. The van der Waals surface area contributed by atoms with E-state index in [9.17, 15) is 15.0 Å². The van der Waals surface area contributed by atoms with Gasteiger partial charge in [-0.1, -0.05) is 43.6 Å². The number of hydrogen-bond donors (Lipinski definition) is 2. The van der Waals surface area contributed by atoms with Crippen LogP contribution in [0.5, 0.6) is 0 Å². The monoisotopic (exact) mass is 438 g/mol. The van der Waals surface area contributed by atoms with Crippen molar-refractivity contribution in [1.29, 1.82) is 0 Å². The Morgan fingerprint density at radius 3 is 2.67 bits per heavy atom. The molecule has 1 unspecified atom stereocenters. The minimum atomic E-state index is -0.414. The highest BCUT2D eigenvalue weighted by molar-refractivity contribution is 6.21. The first-order chi connectivity index (χ1) is 14.4. The Balaban J connectivity index is 1.46. The summed E-state index contributed by atoms with van der Waals surface area (Å²) in [7, 11) is 1.41. The van der Waals surface area contributed by atoms with Crippen LogP contribution in [0.2, 0.25) is 0 Å². The summed E-state index contributed by atoms with van der Waals surface area (Å²) in [6.07, 6.45) is 19.4. The molecule has 3 saturated carbocycles. The van der Waals surface area contributed by atoms with Gasteiger partial charge in [-0.3, -0.25) is 4.79 Å². The van der Waals surface area contributed by atoms with Gasteiger partial charge in [0.1, 0.15) is 0 Å². The van der Waals surface area contributed by atoms with Gasteiger partial charge in [0.05, 0.1) is 19.3 Å². The Kier molecular flexibility index (Phi) is 8.85. The average molecular weight is 439 g/mol. The summed E-state index contributed by atoms with van der Waals surface area (Å²) in [5, 5.41) is 21.3. The fourth-order valence-electron chi connectivity index (χ4n) is 5.32. The number of rotatable bonds is 12. The number of carbonyl (C=O) groups is 1. The van der Waals surface area contributed by atoms with Crippen LogP contribution in [0, 0.1) is 23.2 Å². The van der Waals surface area contributed by atoms with Crippen molar-refractivity contribution in [3.8, 4) is 0 Å². The van der Waals surface area contributed by atoms with E-state index in [4.69, 9.17) is 11.6 Å². The summed E-state index contributed by atoms with van der Waals surface area (Å²) < 4.78 is 4.65. The number of esters is 1. The highest BCUT2D eigenvalue weighted by atomic mass is 35.5. The number of methoxy groups -OCH3 is 1. The quantitative estimate of drug-likeness (QED) is 0.191. The predicted molar refractivity (Wildman–Crippen MR) is 120 cm³/mol. The zero-order valence-corrected chi connectivity index (χ0v) is 19.1. The molecule has 0 aromatic carbocycles. The summed E-state index contributed by atoms with van der Waals surface area (Å²) in [6.45, 7) is 0. The van der Waals surface area contributed by atoms with Crippen LogP contribution < -0.4 is 0 Å². The van der Waals surface area contributed by atoms with E-state index in [0.29, 0.717) is 19.3 Å². The van der Waals surface area contributed by atoms with E-state index >= 15 is 0 Å². The van der Waals surface area contributed by atoms with Crippen LogP contribution >= 0.6 is 11.6 Å². The molecule has 0 radical (unpaired) electrons. The van der Waals surface area contributed by atoms with Crippen LogP contribution in [-0.2, 0) is 9.53 Å². The van der Waals surface area contributed by atoms with Crippen molar-refractivity contribution in [3.63, 3.8) is 0 Å². The van der Waals surface area contributed by atoms with E-state index in [1.54, 1.807) is 0 Å². The number of alkyl halides is 1. The molecule has 5 heteroatoms. The van der Waals surface area contributed by atoms with E-state index in [1.165, 1.54) is 32.8 Å². The SMILES string of the molecule is COC(=O)CCC/C=C\C[C@@H]1[C@@H](/C=C/CC(O)C2(CC3CC3)CCC2)[C@H](O)C[C@H]1Cl. The Hall–Kier alpha value is -0.840. The van der Waals surface area contributed by atoms with Crippen molar-refractivity contribution in [1.82, 2.24) is 0 Å². The van der Waals surface area contributed by atoms with E-state index in [2.05, 4.69) is 29.0 Å². The molecule has 0 aliphatic heterocycles. The smallest absolute Gasteiger partial charge is 0.305 e. The Labute approximate surface area is 186 Å². The van der Waals surface area contributed by atoms with Gasteiger partial charge >= 0.3 is 5.97 Å². The Morgan fingerprint density at radius 1 is 1.27 bits per heavy atom. The predicted octanol–water partition coefficient (Wildman–Crippen LogP) is 5.16. The van der Waals surface area contributed by atoms with Crippen LogP contribution in [0.4, 0.5) is 0 Å². The van der Waals surface area contributed by atoms with Crippen molar-refractivity contribution < 1.29 is 19.7 Å². The van der Waals surface area contributed by atoms with Crippen molar-refractivity contribution in [3.05, 3.63) is 24.3 Å². The summed E-state index contributed by atoms with van der Waals surface area (Å²) in [6, 6.07) is 0. The first-order valence-corrected chi connectivity index (χ1v) is 12.3. The van der Waals surface area contributed by atoms with Crippen LogP contribution in [0.3, 0.4) is 0 Å².